The second-order valence-corrected chi connectivity index (χ2v) is 4.92. The van der Waals surface area contributed by atoms with Crippen molar-refractivity contribution in [3.05, 3.63) is 22.7 Å². The Bertz CT molecular complexity index is 556. The van der Waals surface area contributed by atoms with E-state index in [1.165, 1.54) is 12.3 Å². The van der Waals surface area contributed by atoms with Gasteiger partial charge in [0, 0.05) is 6.20 Å². The normalized spacial score (nSPS) is 23.7. The van der Waals surface area contributed by atoms with E-state index in [2.05, 4.69) is 9.51 Å². The lowest BCUT2D eigenvalue weighted by Crippen LogP contribution is -2.28. The van der Waals surface area contributed by atoms with Gasteiger partial charge in [-0.1, -0.05) is 0 Å². The van der Waals surface area contributed by atoms with Crippen molar-refractivity contribution in [3.63, 3.8) is 0 Å². The molecule has 1 aliphatic heterocycles. The van der Waals surface area contributed by atoms with Crippen LogP contribution in [-0.2, 0) is 18.6 Å². The molecule has 0 radical (unpaired) electrons. The Kier molecular flexibility index (Phi) is 3.99. The molecule has 0 amide bonds. The molecule has 1 fully saturated rings. The van der Waals surface area contributed by atoms with Crippen LogP contribution < -0.4 is 11.4 Å². The van der Waals surface area contributed by atoms with Gasteiger partial charge in [0.2, 0.25) is 0 Å². The fraction of sp³-hybridized carbons (Fsp3) is 0.500. The fourth-order valence-electron chi connectivity index (χ4n) is 1.48. The van der Waals surface area contributed by atoms with Crippen molar-refractivity contribution < 1.29 is 28.3 Å². The predicted molar refractivity (Wildman–Crippen MR) is 60.8 cm³/mol. The van der Waals surface area contributed by atoms with E-state index in [0.717, 1.165) is 4.57 Å². The fourth-order valence-corrected chi connectivity index (χ4v) is 1.80. The summed E-state index contributed by atoms with van der Waals surface area (Å²) < 4.78 is 26.3. The van der Waals surface area contributed by atoms with Gasteiger partial charge in [-0.2, -0.15) is 4.98 Å². The molecule has 2 atom stereocenters. The largest absolute Gasteiger partial charge is 0.469 e. The molecule has 2 heterocycles. The highest BCUT2D eigenvalue weighted by Gasteiger charge is 2.30. The Hall–Kier alpha value is -1.29. The summed E-state index contributed by atoms with van der Waals surface area (Å²) in [6.45, 7) is -0.418. The standard InChI is InChI=1S/C8H12N3O7P/c9-5-1-2-11(8(12)10-5)6-3-16-7(18-6)4-17-19(13,14)15/h1-2,6-7H,3-4H2,(H2,9,10,12)(H2,13,14,15)/t6-,7-/m0/s1. The van der Waals surface area contributed by atoms with E-state index in [9.17, 15) is 9.36 Å². The van der Waals surface area contributed by atoms with Crippen molar-refractivity contribution in [1.29, 1.82) is 0 Å². The van der Waals surface area contributed by atoms with Gasteiger partial charge in [-0.3, -0.25) is 9.09 Å². The SMILES string of the molecule is Nc1ccn([C@@H]2CO[C@H](COP(=O)(O)O)O2)c(=O)n1. The second-order valence-electron chi connectivity index (χ2n) is 3.68. The minimum absolute atomic E-state index is 0.0285. The number of aromatic nitrogens is 2. The number of nitrogens with two attached hydrogens (primary N) is 1. The lowest BCUT2D eigenvalue weighted by atomic mass is 10.5. The first kappa shape index (κ1) is 14.1. The van der Waals surface area contributed by atoms with Crippen LogP contribution in [0.15, 0.2) is 17.1 Å². The third-order valence-corrected chi connectivity index (χ3v) is 2.76. The van der Waals surface area contributed by atoms with E-state index >= 15 is 0 Å². The molecule has 0 spiro atoms. The maximum absolute atomic E-state index is 11.5. The molecule has 0 aromatic carbocycles. The summed E-state index contributed by atoms with van der Waals surface area (Å²) in [4.78, 5) is 32.1. The van der Waals surface area contributed by atoms with Crippen molar-refractivity contribution in [3.8, 4) is 0 Å². The Morgan fingerprint density at radius 2 is 2.37 bits per heavy atom. The first-order chi connectivity index (χ1) is 8.85. The van der Waals surface area contributed by atoms with Gasteiger partial charge in [0.05, 0.1) is 6.61 Å². The number of nitrogens with zero attached hydrogens (tertiary/aromatic N) is 2. The summed E-state index contributed by atoms with van der Waals surface area (Å²) in [7, 11) is -4.58. The molecule has 1 aliphatic rings. The van der Waals surface area contributed by atoms with E-state index < -0.39 is 32.6 Å². The van der Waals surface area contributed by atoms with E-state index in [1.54, 1.807) is 0 Å². The van der Waals surface area contributed by atoms with Crippen molar-refractivity contribution >= 4 is 13.6 Å². The molecule has 1 aromatic rings. The van der Waals surface area contributed by atoms with Crippen LogP contribution in [0.5, 0.6) is 0 Å². The average Bonchev–Trinajstić information content (AvgIpc) is 2.74. The van der Waals surface area contributed by atoms with Crippen molar-refractivity contribution in [2.45, 2.75) is 12.5 Å². The van der Waals surface area contributed by atoms with Gasteiger partial charge in [-0.25, -0.2) is 9.36 Å². The summed E-state index contributed by atoms with van der Waals surface area (Å²) in [6, 6.07) is 1.42. The highest BCUT2D eigenvalue weighted by Crippen LogP contribution is 2.36. The van der Waals surface area contributed by atoms with Crippen molar-refractivity contribution in [1.82, 2.24) is 9.55 Å². The molecular formula is C8H12N3O7P. The Morgan fingerprint density at radius 3 is 3.00 bits per heavy atom. The topological polar surface area (TPSA) is 146 Å². The van der Waals surface area contributed by atoms with Gasteiger partial charge in [0.1, 0.15) is 12.4 Å². The van der Waals surface area contributed by atoms with E-state index in [-0.39, 0.29) is 12.4 Å². The molecule has 1 aromatic heterocycles. The number of anilines is 1. The van der Waals surface area contributed by atoms with Crippen LogP contribution >= 0.6 is 7.82 Å². The van der Waals surface area contributed by atoms with Crippen LogP contribution in [0.25, 0.3) is 0 Å². The van der Waals surface area contributed by atoms with Crippen LogP contribution in [0.4, 0.5) is 5.82 Å². The van der Waals surface area contributed by atoms with Gasteiger partial charge in [0.25, 0.3) is 0 Å². The quantitative estimate of drug-likeness (QED) is 0.583. The van der Waals surface area contributed by atoms with Crippen molar-refractivity contribution in [2.24, 2.45) is 0 Å². The van der Waals surface area contributed by atoms with Gasteiger partial charge < -0.3 is 25.0 Å². The van der Waals surface area contributed by atoms with Gasteiger partial charge in [0.15, 0.2) is 12.5 Å². The lowest BCUT2D eigenvalue weighted by Gasteiger charge is -2.13. The van der Waals surface area contributed by atoms with Crippen molar-refractivity contribution in [2.75, 3.05) is 18.9 Å². The zero-order chi connectivity index (χ0) is 14.0. The lowest BCUT2D eigenvalue weighted by molar-refractivity contribution is -0.0974. The molecule has 10 nitrogen and oxygen atoms in total. The highest BCUT2D eigenvalue weighted by molar-refractivity contribution is 7.46. The minimum atomic E-state index is -4.58. The van der Waals surface area contributed by atoms with Crippen LogP contribution in [0.2, 0.25) is 0 Å². The summed E-state index contributed by atoms with van der Waals surface area (Å²) in [5, 5.41) is 0. The molecule has 106 valence electrons. The van der Waals surface area contributed by atoms with E-state index in [1.807, 2.05) is 0 Å². The molecule has 0 aliphatic carbocycles. The zero-order valence-corrected chi connectivity index (χ0v) is 10.5. The number of phosphoric acid groups is 1. The molecule has 0 unspecified atom stereocenters. The van der Waals surface area contributed by atoms with Gasteiger partial charge >= 0.3 is 13.5 Å². The Balaban J connectivity index is 1.98. The third kappa shape index (κ3) is 3.83. The molecule has 11 heteroatoms. The van der Waals surface area contributed by atoms with E-state index in [0.29, 0.717) is 0 Å². The molecule has 1 saturated heterocycles. The first-order valence-electron chi connectivity index (χ1n) is 5.17. The number of phosphoric ester groups is 1. The average molecular weight is 293 g/mol. The third-order valence-electron chi connectivity index (χ3n) is 2.27. The van der Waals surface area contributed by atoms with Crippen LogP contribution in [0.1, 0.15) is 6.23 Å². The van der Waals surface area contributed by atoms with Crippen LogP contribution in [0.3, 0.4) is 0 Å². The van der Waals surface area contributed by atoms with Gasteiger partial charge in [-0.15, -0.1) is 0 Å². The zero-order valence-electron chi connectivity index (χ0n) is 9.58. The Labute approximate surface area is 107 Å². The number of rotatable bonds is 4. The summed E-state index contributed by atoms with van der Waals surface area (Å²) in [5.41, 5.74) is 4.74. The highest BCUT2D eigenvalue weighted by atomic mass is 31.2. The summed E-state index contributed by atoms with van der Waals surface area (Å²) in [5.74, 6) is 0.0848. The summed E-state index contributed by atoms with van der Waals surface area (Å²) >= 11 is 0. The second kappa shape index (κ2) is 5.37. The van der Waals surface area contributed by atoms with Gasteiger partial charge in [-0.05, 0) is 6.07 Å². The number of nitrogen functional groups attached to an aromatic ring is 1. The number of hydrogen-bond acceptors (Lipinski definition) is 7. The van der Waals surface area contributed by atoms with Crippen LogP contribution in [-0.4, -0.2) is 38.8 Å². The van der Waals surface area contributed by atoms with E-state index in [4.69, 9.17) is 25.0 Å². The first-order valence-corrected chi connectivity index (χ1v) is 6.70. The smallest absolute Gasteiger partial charge is 0.383 e. The number of ether oxygens (including phenoxy) is 2. The Morgan fingerprint density at radius 1 is 1.63 bits per heavy atom. The molecule has 19 heavy (non-hydrogen) atoms. The maximum Gasteiger partial charge on any atom is 0.469 e. The molecule has 2 rings (SSSR count). The van der Waals surface area contributed by atoms with Crippen LogP contribution in [0, 0.1) is 0 Å². The molecular weight excluding hydrogens is 281 g/mol. The molecule has 0 bridgehead atoms. The molecule has 0 saturated carbocycles. The minimum Gasteiger partial charge on any atom is -0.383 e. The maximum atomic E-state index is 11.5. The molecule has 4 N–H and O–H groups in total. The monoisotopic (exact) mass is 293 g/mol. The summed E-state index contributed by atoms with van der Waals surface area (Å²) in [6.07, 6.45) is -0.321. The predicted octanol–water partition coefficient (Wildman–Crippen LogP) is -1.19. The number of hydrogen-bond donors (Lipinski definition) is 3.